The molecule has 2 rings (SSSR count). The Balaban J connectivity index is 1.90. The second-order valence-corrected chi connectivity index (χ2v) is 4.94. The highest BCUT2D eigenvalue weighted by atomic mass is 16.5. The number of carbonyl (C=O) groups excluding carboxylic acids is 1. The maximum absolute atomic E-state index is 11.8. The number of carbonyl (C=O) groups is 1. The van der Waals surface area contributed by atoms with Crippen LogP contribution in [0.15, 0.2) is 30.3 Å². The number of hydrogen-bond acceptors (Lipinski definition) is 3. The molecule has 1 fully saturated rings. The van der Waals surface area contributed by atoms with E-state index in [4.69, 9.17) is 4.74 Å². The van der Waals surface area contributed by atoms with Crippen molar-refractivity contribution in [3.63, 3.8) is 0 Å². The molecule has 0 bridgehead atoms. The van der Waals surface area contributed by atoms with Crippen LogP contribution in [0.1, 0.15) is 30.7 Å². The van der Waals surface area contributed by atoms with E-state index >= 15 is 0 Å². The van der Waals surface area contributed by atoms with Crippen LogP contribution in [0.4, 0.5) is 0 Å². The van der Waals surface area contributed by atoms with Crippen molar-refractivity contribution < 1.29 is 9.53 Å². The highest BCUT2D eigenvalue weighted by Gasteiger charge is 2.22. The van der Waals surface area contributed by atoms with Crippen LogP contribution < -0.4 is 5.32 Å². The molecule has 0 spiro atoms. The lowest BCUT2D eigenvalue weighted by Gasteiger charge is -2.26. The van der Waals surface area contributed by atoms with Gasteiger partial charge >= 0.3 is 5.97 Å². The summed E-state index contributed by atoms with van der Waals surface area (Å²) in [6, 6.07) is 9.83. The van der Waals surface area contributed by atoms with Gasteiger partial charge in [0, 0.05) is 6.54 Å². The zero-order chi connectivity index (χ0) is 12.8. The molecule has 0 aliphatic heterocycles. The van der Waals surface area contributed by atoms with E-state index in [0.717, 1.165) is 18.0 Å². The molecule has 1 aromatic rings. The van der Waals surface area contributed by atoms with Gasteiger partial charge in [0.1, 0.15) is 0 Å². The normalized spacial score (nSPS) is 16.9. The van der Waals surface area contributed by atoms with E-state index in [9.17, 15) is 4.79 Å². The van der Waals surface area contributed by atoms with Gasteiger partial charge in [0.2, 0.25) is 0 Å². The summed E-state index contributed by atoms with van der Waals surface area (Å²) in [5, 5.41) is 3.40. The number of benzene rings is 1. The molecule has 0 aromatic heterocycles. The van der Waals surface area contributed by atoms with Crippen molar-refractivity contribution in [3.8, 4) is 0 Å². The quantitative estimate of drug-likeness (QED) is 0.784. The highest BCUT2D eigenvalue weighted by molar-refractivity contribution is 5.78. The molecule has 18 heavy (non-hydrogen) atoms. The average molecular weight is 247 g/mol. The van der Waals surface area contributed by atoms with E-state index in [0.29, 0.717) is 6.54 Å². The second-order valence-electron chi connectivity index (χ2n) is 4.94. The van der Waals surface area contributed by atoms with E-state index in [-0.39, 0.29) is 11.9 Å². The zero-order valence-electron chi connectivity index (χ0n) is 10.9. The smallest absolute Gasteiger partial charge is 0.314 e. The van der Waals surface area contributed by atoms with Crippen LogP contribution in [0.3, 0.4) is 0 Å². The lowest BCUT2D eigenvalue weighted by Crippen LogP contribution is -2.33. The molecule has 1 aromatic carbocycles. The Kier molecular flexibility index (Phi) is 4.76. The number of rotatable bonds is 6. The first kappa shape index (κ1) is 13.1. The summed E-state index contributed by atoms with van der Waals surface area (Å²) in [5.41, 5.74) is 1.02. The Morgan fingerprint density at radius 3 is 2.67 bits per heavy atom. The van der Waals surface area contributed by atoms with Crippen molar-refractivity contribution in [2.75, 3.05) is 20.2 Å². The molecule has 1 atom stereocenters. The Morgan fingerprint density at radius 2 is 2.11 bits per heavy atom. The standard InChI is InChI=1S/C15H21NO2/c1-18-15(17)14(13-8-3-2-4-9-13)11-16-10-12-6-5-7-12/h2-4,8-9,12,14,16H,5-7,10-11H2,1H3. The lowest BCUT2D eigenvalue weighted by atomic mass is 9.85. The Bertz CT molecular complexity index is 373. The minimum Gasteiger partial charge on any atom is -0.469 e. The first-order valence-corrected chi connectivity index (χ1v) is 6.64. The predicted molar refractivity (Wildman–Crippen MR) is 71.4 cm³/mol. The van der Waals surface area contributed by atoms with Crippen molar-refractivity contribution in [1.82, 2.24) is 5.32 Å². The molecule has 0 radical (unpaired) electrons. The van der Waals surface area contributed by atoms with Crippen molar-refractivity contribution in [3.05, 3.63) is 35.9 Å². The van der Waals surface area contributed by atoms with E-state index in [1.54, 1.807) is 0 Å². The summed E-state index contributed by atoms with van der Waals surface area (Å²) in [6.07, 6.45) is 3.99. The summed E-state index contributed by atoms with van der Waals surface area (Å²) in [6.45, 7) is 1.67. The van der Waals surface area contributed by atoms with Gasteiger partial charge in [0.25, 0.3) is 0 Å². The molecule has 1 aliphatic rings. The van der Waals surface area contributed by atoms with Gasteiger partial charge in [-0.1, -0.05) is 36.8 Å². The number of ether oxygens (including phenoxy) is 1. The zero-order valence-corrected chi connectivity index (χ0v) is 10.9. The molecule has 3 nitrogen and oxygen atoms in total. The SMILES string of the molecule is COC(=O)C(CNCC1CCC1)c1ccccc1. The van der Waals surface area contributed by atoms with E-state index in [1.165, 1.54) is 26.4 Å². The molecular formula is C15H21NO2. The molecule has 1 saturated carbocycles. The predicted octanol–water partition coefficient (Wildman–Crippen LogP) is 2.33. The third-order valence-electron chi connectivity index (χ3n) is 3.69. The van der Waals surface area contributed by atoms with Gasteiger partial charge in [-0.15, -0.1) is 0 Å². The van der Waals surface area contributed by atoms with Crippen molar-refractivity contribution >= 4 is 5.97 Å². The molecule has 3 heteroatoms. The highest BCUT2D eigenvalue weighted by Crippen LogP contribution is 2.25. The topological polar surface area (TPSA) is 38.3 Å². The average Bonchev–Trinajstić information content (AvgIpc) is 2.37. The van der Waals surface area contributed by atoms with Gasteiger partial charge in [-0.05, 0) is 30.9 Å². The third kappa shape index (κ3) is 3.33. The maximum atomic E-state index is 11.8. The van der Waals surface area contributed by atoms with Crippen LogP contribution in [0.25, 0.3) is 0 Å². The van der Waals surface area contributed by atoms with E-state index in [1.807, 2.05) is 30.3 Å². The molecule has 1 N–H and O–H groups in total. The summed E-state index contributed by atoms with van der Waals surface area (Å²) < 4.78 is 4.89. The molecular weight excluding hydrogens is 226 g/mol. The monoisotopic (exact) mass is 247 g/mol. The van der Waals surface area contributed by atoms with E-state index in [2.05, 4.69) is 5.32 Å². The van der Waals surface area contributed by atoms with Crippen LogP contribution in [0.2, 0.25) is 0 Å². The molecule has 1 aliphatic carbocycles. The van der Waals surface area contributed by atoms with Gasteiger partial charge in [0.05, 0.1) is 13.0 Å². The largest absolute Gasteiger partial charge is 0.469 e. The number of esters is 1. The first-order valence-electron chi connectivity index (χ1n) is 6.64. The molecule has 0 saturated heterocycles. The molecule has 98 valence electrons. The van der Waals surface area contributed by atoms with Gasteiger partial charge in [0.15, 0.2) is 0 Å². The lowest BCUT2D eigenvalue weighted by molar-refractivity contribution is -0.142. The first-order chi connectivity index (χ1) is 8.81. The fourth-order valence-electron chi connectivity index (χ4n) is 2.29. The van der Waals surface area contributed by atoms with Crippen LogP contribution in [-0.2, 0) is 9.53 Å². The Hall–Kier alpha value is -1.35. The number of methoxy groups -OCH3 is 1. The summed E-state index contributed by atoms with van der Waals surface area (Å²) in [5.74, 6) is 0.442. The van der Waals surface area contributed by atoms with Crippen LogP contribution in [-0.4, -0.2) is 26.2 Å². The van der Waals surface area contributed by atoms with E-state index < -0.39 is 0 Å². The minimum atomic E-state index is -0.198. The minimum absolute atomic E-state index is 0.165. The molecule has 0 heterocycles. The van der Waals surface area contributed by atoms with Gasteiger partial charge in [-0.2, -0.15) is 0 Å². The Morgan fingerprint density at radius 1 is 1.39 bits per heavy atom. The summed E-state index contributed by atoms with van der Waals surface area (Å²) in [7, 11) is 1.45. The second kappa shape index (κ2) is 6.55. The summed E-state index contributed by atoms with van der Waals surface area (Å²) in [4.78, 5) is 11.8. The van der Waals surface area contributed by atoms with Crippen molar-refractivity contribution in [2.24, 2.45) is 5.92 Å². The number of nitrogens with one attached hydrogen (secondary N) is 1. The van der Waals surface area contributed by atoms with Crippen LogP contribution in [0, 0.1) is 5.92 Å². The fraction of sp³-hybridized carbons (Fsp3) is 0.533. The van der Waals surface area contributed by atoms with Crippen LogP contribution in [0.5, 0.6) is 0 Å². The Labute approximate surface area is 109 Å². The fourth-order valence-corrected chi connectivity index (χ4v) is 2.29. The molecule has 1 unspecified atom stereocenters. The van der Waals surface area contributed by atoms with Crippen molar-refractivity contribution in [2.45, 2.75) is 25.2 Å². The number of hydrogen-bond donors (Lipinski definition) is 1. The third-order valence-corrected chi connectivity index (χ3v) is 3.69. The van der Waals surface area contributed by atoms with Gasteiger partial charge in [-0.25, -0.2) is 0 Å². The van der Waals surface area contributed by atoms with Crippen LogP contribution >= 0.6 is 0 Å². The van der Waals surface area contributed by atoms with Gasteiger partial charge in [-0.3, -0.25) is 4.79 Å². The maximum Gasteiger partial charge on any atom is 0.314 e. The van der Waals surface area contributed by atoms with Crippen molar-refractivity contribution in [1.29, 1.82) is 0 Å². The summed E-state index contributed by atoms with van der Waals surface area (Å²) >= 11 is 0. The molecule has 0 amide bonds. The van der Waals surface area contributed by atoms with Gasteiger partial charge < -0.3 is 10.1 Å².